The topological polar surface area (TPSA) is 58.4 Å². The van der Waals surface area contributed by atoms with Crippen molar-refractivity contribution in [3.05, 3.63) is 59.4 Å². The second kappa shape index (κ2) is 8.53. The Hall–Kier alpha value is -3.15. The first-order chi connectivity index (χ1) is 14.9. The summed E-state index contributed by atoms with van der Waals surface area (Å²) in [6.45, 7) is 10.2. The average molecular weight is 419 g/mol. The van der Waals surface area contributed by atoms with Crippen molar-refractivity contribution in [2.75, 3.05) is 24.5 Å². The normalized spacial score (nSPS) is 16.3. The molecule has 1 aromatic heterocycles. The van der Waals surface area contributed by atoms with E-state index in [-0.39, 0.29) is 24.3 Å². The lowest BCUT2D eigenvalue weighted by Crippen LogP contribution is -2.34. The second-order valence-electron chi connectivity index (χ2n) is 8.26. The third kappa shape index (κ3) is 3.82. The Morgan fingerprint density at radius 3 is 2.42 bits per heavy atom. The van der Waals surface area contributed by atoms with Gasteiger partial charge in [-0.2, -0.15) is 0 Å². The Bertz CT molecular complexity index is 1110. The lowest BCUT2D eigenvalue weighted by molar-refractivity contribution is -0.131. The van der Waals surface area contributed by atoms with E-state index in [0.717, 1.165) is 33.7 Å². The smallest absolute Gasteiger partial charge is 0.242 e. The minimum atomic E-state index is -0.0524. The Morgan fingerprint density at radius 1 is 1.06 bits per heavy atom. The van der Waals surface area contributed by atoms with Crippen LogP contribution in [0.25, 0.3) is 11.0 Å². The van der Waals surface area contributed by atoms with Crippen molar-refractivity contribution in [3.63, 3.8) is 0 Å². The largest absolute Gasteiger partial charge is 0.342 e. The summed E-state index contributed by atoms with van der Waals surface area (Å²) in [7, 11) is 0. The highest BCUT2D eigenvalue weighted by Gasteiger charge is 2.36. The number of rotatable bonds is 6. The molecule has 2 heterocycles. The number of hydrogen-bond acceptors (Lipinski definition) is 3. The molecule has 2 amide bonds. The molecule has 2 aromatic carbocycles. The van der Waals surface area contributed by atoms with E-state index in [9.17, 15) is 9.59 Å². The quantitative estimate of drug-likeness (QED) is 0.607. The van der Waals surface area contributed by atoms with Crippen LogP contribution in [0, 0.1) is 13.8 Å². The van der Waals surface area contributed by atoms with E-state index < -0.39 is 0 Å². The van der Waals surface area contributed by atoms with E-state index in [1.165, 1.54) is 0 Å². The molecule has 4 rings (SSSR count). The van der Waals surface area contributed by atoms with Gasteiger partial charge in [-0.05, 0) is 51.0 Å². The lowest BCUT2D eigenvalue weighted by Gasteiger charge is -2.22. The standard InChI is InChI=1S/C25H30N4O2/c1-5-27(6-2)23(31)16-28-21-13-8-7-12-20(21)26-25(28)19-14-22(30)29(15-19)24-17(3)10-9-11-18(24)4/h7-13,19H,5-6,14-16H2,1-4H3. The van der Waals surface area contributed by atoms with Crippen LogP contribution in [0.4, 0.5) is 5.69 Å². The van der Waals surface area contributed by atoms with E-state index in [0.29, 0.717) is 26.1 Å². The minimum Gasteiger partial charge on any atom is -0.342 e. The van der Waals surface area contributed by atoms with E-state index in [1.54, 1.807) is 0 Å². The predicted molar refractivity (Wildman–Crippen MR) is 123 cm³/mol. The third-order valence-electron chi connectivity index (χ3n) is 6.29. The highest BCUT2D eigenvalue weighted by atomic mass is 16.2. The molecule has 162 valence electrons. The first-order valence-corrected chi connectivity index (χ1v) is 11.0. The van der Waals surface area contributed by atoms with Crippen LogP contribution in [0.1, 0.15) is 43.1 Å². The number of aromatic nitrogens is 2. The summed E-state index contributed by atoms with van der Waals surface area (Å²) in [6.07, 6.45) is 0.399. The molecule has 1 fully saturated rings. The van der Waals surface area contributed by atoms with Gasteiger partial charge >= 0.3 is 0 Å². The van der Waals surface area contributed by atoms with Crippen LogP contribution in [0.2, 0.25) is 0 Å². The Kier molecular flexibility index (Phi) is 5.81. The molecule has 1 atom stereocenters. The highest BCUT2D eigenvalue weighted by Crippen LogP contribution is 2.36. The van der Waals surface area contributed by atoms with Crippen LogP contribution in [0.15, 0.2) is 42.5 Å². The molecular formula is C25H30N4O2. The number of aryl methyl sites for hydroxylation is 2. The number of fused-ring (bicyclic) bond motifs is 1. The number of anilines is 1. The van der Waals surface area contributed by atoms with Crippen LogP contribution >= 0.6 is 0 Å². The first kappa shape index (κ1) is 21.1. The maximum atomic E-state index is 13.0. The van der Waals surface area contributed by atoms with Crippen LogP contribution in [0.3, 0.4) is 0 Å². The molecular weight excluding hydrogens is 388 g/mol. The zero-order valence-corrected chi connectivity index (χ0v) is 18.8. The van der Waals surface area contributed by atoms with Crippen LogP contribution in [-0.4, -0.2) is 45.9 Å². The lowest BCUT2D eigenvalue weighted by atomic mass is 10.1. The average Bonchev–Trinajstić information content (AvgIpc) is 3.30. The molecule has 0 bridgehead atoms. The highest BCUT2D eigenvalue weighted by molar-refractivity contribution is 5.98. The number of carbonyl (C=O) groups excluding carboxylic acids is 2. The van der Waals surface area contributed by atoms with Crippen molar-refractivity contribution < 1.29 is 9.59 Å². The second-order valence-corrected chi connectivity index (χ2v) is 8.26. The van der Waals surface area contributed by atoms with Crippen molar-refractivity contribution in [1.82, 2.24) is 14.5 Å². The molecule has 3 aromatic rings. The van der Waals surface area contributed by atoms with Gasteiger partial charge < -0.3 is 14.4 Å². The number of benzene rings is 2. The Labute approximate surface area is 183 Å². The van der Waals surface area contributed by atoms with Gasteiger partial charge in [-0.25, -0.2) is 4.98 Å². The van der Waals surface area contributed by atoms with Gasteiger partial charge in [0.2, 0.25) is 11.8 Å². The molecule has 0 aliphatic carbocycles. The fourth-order valence-electron chi connectivity index (χ4n) is 4.71. The van der Waals surface area contributed by atoms with Crippen molar-refractivity contribution in [1.29, 1.82) is 0 Å². The van der Waals surface area contributed by atoms with Gasteiger partial charge in [0.15, 0.2) is 0 Å². The molecule has 1 unspecified atom stereocenters. The van der Waals surface area contributed by atoms with Gasteiger partial charge in [0.05, 0.1) is 11.0 Å². The van der Waals surface area contributed by atoms with Crippen LogP contribution in [-0.2, 0) is 16.1 Å². The van der Waals surface area contributed by atoms with Gasteiger partial charge in [0, 0.05) is 37.7 Å². The molecule has 1 saturated heterocycles. The SMILES string of the molecule is CCN(CC)C(=O)Cn1c(C2CC(=O)N(c3c(C)cccc3C)C2)nc2ccccc21. The maximum Gasteiger partial charge on any atom is 0.242 e. The maximum absolute atomic E-state index is 13.0. The molecule has 0 saturated carbocycles. The van der Waals surface area contributed by atoms with Crippen molar-refractivity contribution in [3.8, 4) is 0 Å². The third-order valence-corrected chi connectivity index (χ3v) is 6.29. The molecule has 6 heteroatoms. The van der Waals surface area contributed by atoms with Gasteiger partial charge in [-0.15, -0.1) is 0 Å². The van der Waals surface area contributed by atoms with E-state index in [1.807, 2.05) is 84.5 Å². The van der Waals surface area contributed by atoms with E-state index in [4.69, 9.17) is 4.98 Å². The number of carbonyl (C=O) groups is 2. The predicted octanol–water partition coefficient (Wildman–Crippen LogP) is 4.04. The summed E-state index contributed by atoms with van der Waals surface area (Å²) in [5.74, 6) is 0.952. The van der Waals surface area contributed by atoms with E-state index >= 15 is 0 Å². The minimum absolute atomic E-state index is 0.0524. The fourth-order valence-corrected chi connectivity index (χ4v) is 4.71. The summed E-state index contributed by atoms with van der Waals surface area (Å²) in [6, 6.07) is 14.0. The van der Waals surface area contributed by atoms with Crippen molar-refractivity contribution in [2.24, 2.45) is 0 Å². The summed E-state index contributed by atoms with van der Waals surface area (Å²) in [5, 5.41) is 0. The number of para-hydroxylation sites is 3. The summed E-state index contributed by atoms with van der Waals surface area (Å²) in [5.41, 5.74) is 4.99. The van der Waals surface area contributed by atoms with Crippen LogP contribution in [0.5, 0.6) is 0 Å². The van der Waals surface area contributed by atoms with Gasteiger partial charge in [0.1, 0.15) is 12.4 Å². The van der Waals surface area contributed by atoms with Gasteiger partial charge in [-0.3, -0.25) is 9.59 Å². The molecule has 0 radical (unpaired) electrons. The molecule has 0 N–H and O–H groups in total. The molecule has 1 aliphatic rings. The number of amides is 2. The van der Waals surface area contributed by atoms with Crippen molar-refractivity contribution in [2.45, 2.75) is 46.6 Å². The van der Waals surface area contributed by atoms with Crippen molar-refractivity contribution >= 4 is 28.5 Å². The number of likely N-dealkylation sites (N-methyl/N-ethyl adjacent to an activating group) is 1. The molecule has 1 aliphatic heterocycles. The zero-order valence-electron chi connectivity index (χ0n) is 18.8. The number of nitrogens with zero attached hydrogens (tertiary/aromatic N) is 4. The van der Waals surface area contributed by atoms with Gasteiger partial charge in [0.25, 0.3) is 0 Å². The van der Waals surface area contributed by atoms with E-state index in [2.05, 4.69) is 0 Å². The first-order valence-electron chi connectivity index (χ1n) is 11.0. The molecule has 31 heavy (non-hydrogen) atoms. The van der Waals surface area contributed by atoms with Crippen LogP contribution < -0.4 is 4.90 Å². The summed E-state index contributed by atoms with van der Waals surface area (Å²) < 4.78 is 2.02. The molecule has 6 nitrogen and oxygen atoms in total. The molecule has 0 spiro atoms. The monoisotopic (exact) mass is 418 g/mol. The Balaban J connectivity index is 1.71. The summed E-state index contributed by atoms with van der Waals surface area (Å²) in [4.78, 5) is 34.6. The number of imidazole rings is 1. The Morgan fingerprint density at radius 2 is 1.74 bits per heavy atom. The fraction of sp³-hybridized carbons (Fsp3) is 0.400. The summed E-state index contributed by atoms with van der Waals surface area (Å²) >= 11 is 0. The number of hydrogen-bond donors (Lipinski definition) is 0. The zero-order chi connectivity index (χ0) is 22.1. The van der Waals surface area contributed by atoms with Gasteiger partial charge in [-0.1, -0.05) is 30.3 Å².